The molecule has 2 aliphatic heterocycles. The number of morpholine rings is 1. The first kappa shape index (κ1) is 23.6. The third-order valence-electron chi connectivity index (χ3n) is 6.19. The van der Waals surface area contributed by atoms with Crippen molar-refractivity contribution in [2.75, 3.05) is 53.6 Å². The molecule has 0 spiro atoms. The molecule has 0 bridgehead atoms. The molecule has 34 heavy (non-hydrogen) atoms. The number of Topliss-reactive ketones (excluding diaryl/α,β-unsaturated/α-hetero) is 1. The Morgan fingerprint density at radius 3 is 2.47 bits per heavy atom. The number of ketones is 1. The summed E-state index contributed by atoms with van der Waals surface area (Å²) in [6.45, 7) is 3.54. The van der Waals surface area contributed by atoms with E-state index in [0.29, 0.717) is 36.8 Å². The second-order valence-corrected chi connectivity index (χ2v) is 8.07. The molecule has 0 aromatic heterocycles. The van der Waals surface area contributed by atoms with E-state index in [1.165, 1.54) is 31.3 Å². The van der Waals surface area contributed by atoms with Crippen LogP contribution in [0.15, 0.2) is 48.0 Å². The number of hydrogen-bond donors (Lipinski definition) is 2. The lowest BCUT2D eigenvalue weighted by atomic mass is 9.94. The Morgan fingerprint density at radius 2 is 1.79 bits per heavy atom. The molecule has 0 saturated carbocycles. The van der Waals surface area contributed by atoms with Crippen molar-refractivity contribution in [3.8, 4) is 17.2 Å². The van der Waals surface area contributed by atoms with Gasteiger partial charge in [0.25, 0.3) is 11.7 Å². The Labute approximate surface area is 197 Å². The molecule has 0 radical (unpaired) electrons. The third-order valence-corrected chi connectivity index (χ3v) is 6.19. The molecule has 2 saturated heterocycles. The predicted octanol–water partition coefficient (Wildman–Crippen LogP) is 2.16. The van der Waals surface area contributed by atoms with Crippen molar-refractivity contribution in [3.63, 3.8) is 0 Å². The number of hydrogen-bond acceptors (Lipinski definition) is 8. The van der Waals surface area contributed by atoms with E-state index in [4.69, 9.17) is 14.2 Å². The van der Waals surface area contributed by atoms with Gasteiger partial charge in [-0.2, -0.15) is 0 Å². The van der Waals surface area contributed by atoms with E-state index in [1.54, 1.807) is 30.3 Å². The minimum absolute atomic E-state index is 0.0341. The maximum Gasteiger partial charge on any atom is 0.295 e. The average Bonchev–Trinajstić information content (AvgIpc) is 3.12. The van der Waals surface area contributed by atoms with Gasteiger partial charge in [0.15, 0.2) is 0 Å². The molecule has 2 aromatic carbocycles. The number of carbonyl (C=O) groups excluding carboxylic acids is 2. The van der Waals surface area contributed by atoms with Gasteiger partial charge in [0, 0.05) is 37.8 Å². The van der Waals surface area contributed by atoms with Crippen molar-refractivity contribution in [1.29, 1.82) is 0 Å². The fourth-order valence-electron chi connectivity index (χ4n) is 4.38. The first-order chi connectivity index (χ1) is 16.5. The number of phenols is 1. The first-order valence-corrected chi connectivity index (χ1v) is 11.0. The summed E-state index contributed by atoms with van der Waals surface area (Å²) in [5.74, 6) is -1.38. The number of methoxy groups -OCH3 is 2. The number of likely N-dealkylation sites (tertiary alicyclic amines) is 1. The number of aliphatic hydroxyl groups is 1. The van der Waals surface area contributed by atoms with Crippen LogP contribution in [0.2, 0.25) is 0 Å². The van der Waals surface area contributed by atoms with Crippen LogP contribution in [0, 0.1) is 0 Å². The Hall–Kier alpha value is -3.56. The standard InChI is InChI=1S/C25H28N2O7/c1-32-16-7-8-17(19(28)15-16)23(29)21-22(18-5-3-4-6-20(18)33-2)27(25(31)24(21)30)10-9-26-11-13-34-14-12-26/h3-8,15,22,28-29H,9-14H2,1-2H3/t22-/m1/s1. The SMILES string of the molecule is COc1ccc(C(O)=C2C(=O)C(=O)N(CCN3CCOCC3)[C@@H]2c2ccccc2OC)c(O)c1. The summed E-state index contributed by atoms with van der Waals surface area (Å²) in [6, 6.07) is 10.5. The van der Waals surface area contributed by atoms with Gasteiger partial charge in [0.1, 0.15) is 23.0 Å². The Balaban J connectivity index is 1.79. The minimum Gasteiger partial charge on any atom is -0.507 e. The quantitative estimate of drug-likeness (QED) is 0.362. The monoisotopic (exact) mass is 468 g/mol. The smallest absolute Gasteiger partial charge is 0.295 e. The van der Waals surface area contributed by atoms with E-state index in [2.05, 4.69) is 4.90 Å². The summed E-state index contributed by atoms with van der Waals surface area (Å²) in [5, 5.41) is 21.7. The maximum atomic E-state index is 13.2. The number of amides is 1. The fraction of sp³-hybridized carbons (Fsp3) is 0.360. The lowest BCUT2D eigenvalue weighted by Crippen LogP contribution is -2.42. The van der Waals surface area contributed by atoms with Crippen molar-refractivity contribution >= 4 is 17.4 Å². The highest BCUT2D eigenvalue weighted by Gasteiger charge is 2.47. The maximum absolute atomic E-state index is 13.2. The highest BCUT2D eigenvalue weighted by atomic mass is 16.5. The Kier molecular flexibility index (Phi) is 7.04. The number of para-hydroxylation sites is 1. The van der Waals surface area contributed by atoms with Gasteiger partial charge in [-0.1, -0.05) is 18.2 Å². The lowest BCUT2D eigenvalue weighted by Gasteiger charge is -2.31. The van der Waals surface area contributed by atoms with Crippen LogP contribution in [0.4, 0.5) is 0 Å². The predicted molar refractivity (Wildman–Crippen MR) is 124 cm³/mol. The van der Waals surface area contributed by atoms with Crippen molar-refractivity contribution < 1.29 is 34.0 Å². The van der Waals surface area contributed by atoms with Crippen molar-refractivity contribution in [3.05, 3.63) is 59.2 Å². The molecular formula is C25H28N2O7. The Bertz CT molecular complexity index is 1110. The van der Waals surface area contributed by atoms with Crippen LogP contribution in [0.1, 0.15) is 17.2 Å². The highest BCUT2D eigenvalue weighted by molar-refractivity contribution is 6.46. The molecule has 9 heteroatoms. The Morgan fingerprint density at radius 1 is 1.06 bits per heavy atom. The van der Waals surface area contributed by atoms with Gasteiger partial charge in [-0.25, -0.2) is 0 Å². The molecule has 180 valence electrons. The third kappa shape index (κ3) is 4.44. The van der Waals surface area contributed by atoms with Gasteiger partial charge in [0.05, 0.1) is 44.6 Å². The van der Waals surface area contributed by atoms with Crippen molar-refractivity contribution in [2.24, 2.45) is 0 Å². The number of phenolic OH excluding ortho intramolecular Hbond substituents is 1. The zero-order valence-corrected chi connectivity index (χ0v) is 19.2. The van der Waals surface area contributed by atoms with Crippen LogP contribution < -0.4 is 9.47 Å². The first-order valence-electron chi connectivity index (χ1n) is 11.0. The van der Waals surface area contributed by atoms with Crippen molar-refractivity contribution in [2.45, 2.75) is 6.04 Å². The zero-order chi connectivity index (χ0) is 24.2. The summed E-state index contributed by atoms with van der Waals surface area (Å²) in [6.07, 6.45) is 0. The summed E-state index contributed by atoms with van der Waals surface area (Å²) in [4.78, 5) is 30.0. The molecule has 2 fully saturated rings. The summed E-state index contributed by atoms with van der Waals surface area (Å²) < 4.78 is 16.0. The van der Waals surface area contributed by atoms with E-state index in [9.17, 15) is 19.8 Å². The van der Waals surface area contributed by atoms with Crippen LogP contribution >= 0.6 is 0 Å². The van der Waals surface area contributed by atoms with Crippen molar-refractivity contribution in [1.82, 2.24) is 9.80 Å². The van der Waals surface area contributed by atoms with Gasteiger partial charge in [0.2, 0.25) is 0 Å². The average molecular weight is 469 g/mol. The molecule has 4 rings (SSSR count). The molecule has 9 nitrogen and oxygen atoms in total. The van der Waals surface area contributed by atoms with Gasteiger partial charge in [-0.3, -0.25) is 14.5 Å². The number of nitrogens with zero attached hydrogens (tertiary/aromatic N) is 2. The number of ether oxygens (including phenoxy) is 3. The van der Waals surface area contributed by atoms with Gasteiger partial charge in [-0.15, -0.1) is 0 Å². The molecule has 2 N–H and O–H groups in total. The van der Waals surface area contributed by atoms with Crippen LogP contribution in [0.5, 0.6) is 17.2 Å². The van der Waals surface area contributed by atoms with E-state index in [1.807, 2.05) is 0 Å². The zero-order valence-electron chi connectivity index (χ0n) is 19.2. The molecular weight excluding hydrogens is 440 g/mol. The topological polar surface area (TPSA) is 109 Å². The van der Waals surface area contributed by atoms with E-state index >= 15 is 0 Å². The lowest BCUT2D eigenvalue weighted by molar-refractivity contribution is -0.140. The fourth-order valence-corrected chi connectivity index (χ4v) is 4.38. The highest BCUT2D eigenvalue weighted by Crippen LogP contribution is 2.43. The summed E-state index contributed by atoms with van der Waals surface area (Å²) in [7, 11) is 2.96. The molecule has 1 amide bonds. The normalized spacial score (nSPS) is 20.5. The molecule has 0 unspecified atom stereocenters. The molecule has 2 aliphatic rings. The number of aromatic hydroxyl groups is 1. The van der Waals surface area contributed by atoms with Crippen LogP contribution in [0.25, 0.3) is 5.76 Å². The molecule has 2 aromatic rings. The van der Waals surface area contributed by atoms with E-state index in [0.717, 1.165) is 13.1 Å². The molecule has 0 aliphatic carbocycles. The number of carbonyl (C=O) groups is 2. The van der Waals surface area contributed by atoms with E-state index < -0.39 is 23.5 Å². The van der Waals surface area contributed by atoms with Crippen LogP contribution in [-0.2, 0) is 14.3 Å². The second kappa shape index (κ2) is 10.1. The van der Waals surface area contributed by atoms with Gasteiger partial charge in [-0.05, 0) is 18.2 Å². The molecule has 1 atom stereocenters. The number of benzene rings is 2. The minimum atomic E-state index is -0.876. The number of rotatable bonds is 7. The van der Waals surface area contributed by atoms with Gasteiger partial charge >= 0.3 is 0 Å². The van der Waals surface area contributed by atoms with Gasteiger partial charge < -0.3 is 29.3 Å². The van der Waals surface area contributed by atoms with Crippen LogP contribution in [-0.4, -0.2) is 85.3 Å². The van der Waals surface area contributed by atoms with Crippen LogP contribution in [0.3, 0.4) is 0 Å². The molecule has 2 heterocycles. The summed E-state index contributed by atoms with van der Waals surface area (Å²) >= 11 is 0. The van der Waals surface area contributed by atoms with E-state index in [-0.39, 0.29) is 23.4 Å². The number of aliphatic hydroxyl groups excluding tert-OH is 1. The largest absolute Gasteiger partial charge is 0.507 e. The summed E-state index contributed by atoms with van der Waals surface area (Å²) in [5.41, 5.74) is 0.504. The second-order valence-electron chi connectivity index (χ2n) is 8.07.